The van der Waals surface area contributed by atoms with Crippen LogP contribution in [0.4, 0.5) is 0 Å². The summed E-state index contributed by atoms with van der Waals surface area (Å²) in [4.78, 5) is 29.3. The van der Waals surface area contributed by atoms with E-state index in [9.17, 15) is 9.59 Å². The van der Waals surface area contributed by atoms with E-state index in [0.29, 0.717) is 32.8 Å². The first kappa shape index (κ1) is 20.9. The molecular formula is C25H24N2O3S. The first-order chi connectivity index (χ1) is 15.2. The first-order valence-corrected chi connectivity index (χ1v) is 11.1. The van der Waals surface area contributed by atoms with Crippen molar-refractivity contribution in [3.8, 4) is 5.75 Å². The van der Waals surface area contributed by atoms with E-state index in [1.165, 1.54) is 11.3 Å². The fourth-order valence-electron chi connectivity index (χ4n) is 3.38. The normalized spacial score (nSPS) is 14.1. The molecule has 0 spiro atoms. The summed E-state index contributed by atoms with van der Waals surface area (Å²) >= 11 is 1.45. The van der Waals surface area contributed by atoms with Crippen LogP contribution in [0.25, 0.3) is 6.08 Å². The summed E-state index contributed by atoms with van der Waals surface area (Å²) in [5, 5.41) is 1.90. The molecule has 6 heteroatoms. The molecule has 1 aromatic heterocycles. The summed E-state index contributed by atoms with van der Waals surface area (Å²) in [5.41, 5.74) is 2.06. The molecule has 31 heavy (non-hydrogen) atoms. The minimum Gasteiger partial charge on any atom is -0.489 e. The predicted molar refractivity (Wildman–Crippen MR) is 123 cm³/mol. The van der Waals surface area contributed by atoms with E-state index in [-0.39, 0.29) is 11.8 Å². The summed E-state index contributed by atoms with van der Waals surface area (Å²) in [6.45, 7) is 2.74. The summed E-state index contributed by atoms with van der Waals surface area (Å²) in [5.74, 6) is 0.804. The van der Waals surface area contributed by atoms with E-state index in [1.807, 2.05) is 83.1 Å². The third-order valence-corrected chi connectivity index (χ3v) is 6.02. The minimum absolute atomic E-state index is 0.0346. The van der Waals surface area contributed by atoms with Crippen molar-refractivity contribution in [3.05, 3.63) is 94.2 Å². The van der Waals surface area contributed by atoms with Crippen LogP contribution in [0.1, 0.15) is 20.8 Å². The van der Waals surface area contributed by atoms with Crippen molar-refractivity contribution >= 4 is 29.2 Å². The molecule has 2 amide bonds. The minimum atomic E-state index is -0.0346. The maximum atomic E-state index is 12.5. The van der Waals surface area contributed by atoms with Gasteiger partial charge in [-0.25, -0.2) is 0 Å². The van der Waals surface area contributed by atoms with Crippen molar-refractivity contribution in [1.29, 1.82) is 0 Å². The molecule has 0 N–H and O–H groups in total. The van der Waals surface area contributed by atoms with Crippen molar-refractivity contribution in [3.63, 3.8) is 0 Å². The monoisotopic (exact) mass is 432 g/mol. The van der Waals surface area contributed by atoms with Crippen molar-refractivity contribution in [2.45, 2.75) is 6.61 Å². The molecule has 5 nitrogen and oxygen atoms in total. The van der Waals surface area contributed by atoms with Crippen molar-refractivity contribution in [2.24, 2.45) is 0 Å². The van der Waals surface area contributed by atoms with Crippen molar-refractivity contribution in [2.75, 3.05) is 26.2 Å². The highest BCUT2D eigenvalue weighted by Gasteiger charge is 2.24. The van der Waals surface area contributed by atoms with Crippen LogP contribution in [0.3, 0.4) is 0 Å². The number of ether oxygens (including phenoxy) is 1. The van der Waals surface area contributed by atoms with Gasteiger partial charge in [0.2, 0.25) is 5.91 Å². The number of hydrogen-bond acceptors (Lipinski definition) is 4. The molecule has 1 fully saturated rings. The standard InChI is InChI=1S/C25H24N2O3S/c28-24(26-14-16-27(17-15-26)25(29)23-7-4-18-31-23)13-10-20-8-11-22(12-9-20)30-19-21-5-2-1-3-6-21/h1-13,18H,14-17,19H2. The molecule has 0 unspecified atom stereocenters. The Hall–Kier alpha value is -3.38. The topological polar surface area (TPSA) is 49.9 Å². The molecule has 1 saturated heterocycles. The van der Waals surface area contributed by atoms with E-state index in [4.69, 9.17) is 4.74 Å². The molecule has 3 aromatic rings. The number of rotatable bonds is 6. The number of benzene rings is 2. The summed E-state index contributed by atoms with van der Waals surface area (Å²) in [7, 11) is 0. The molecule has 0 saturated carbocycles. The second-order valence-corrected chi connectivity index (χ2v) is 8.22. The second kappa shape index (κ2) is 10.1. The van der Waals surface area contributed by atoms with Crippen LogP contribution in [0.15, 0.2) is 78.2 Å². The Morgan fingerprint density at radius 2 is 1.58 bits per heavy atom. The molecule has 1 aliphatic heterocycles. The SMILES string of the molecule is O=C(C=Cc1ccc(OCc2ccccc2)cc1)N1CCN(C(=O)c2cccs2)CC1. The van der Waals surface area contributed by atoms with Gasteiger partial charge in [0.1, 0.15) is 12.4 Å². The average molecular weight is 433 g/mol. The lowest BCUT2D eigenvalue weighted by Gasteiger charge is -2.34. The van der Waals surface area contributed by atoms with Crippen LogP contribution in [0.5, 0.6) is 5.75 Å². The van der Waals surface area contributed by atoms with Crippen molar-refractivity contribution in [1.82, 2.24) is 9.80 Å². The van der Waals surface area contributed by atoms with Crippen molar-refractivity contribution < 1.29 is 14.3 Å². The van der Waals surface area contributed by atoms with Gasteiger partial charge in [-0.3, -0.25) is 9.59 Å². The van der Waals surface area contributed by atoms with E-state index >= 15 is 0 Å². The van der Waals surface area contributed by atoms with Crippen LogP contribution in [0, 0.1) is 0 Å². The number of piperazine rings is 1. The molecule has 4 rings (SSSR count). The van der Waals surface area contributed by atoms with Gasteiger partial charge in [0.05, 0.1) is 4.88 Å². The molecule has 158 valence electrons. The maximum Gasteiger partial charge on any atom is 0.264 e. The Balaban J connectivity index is 1.25. The molecule has 0 aliphatic carbocycles. The fourth-order valence-corrected chi connectivity index (χ4v) is 4.07. The van der Waals surface area contributed by atoms with Gasteiger partial charge in [-0.2, -0.15) is 0 Å². The van der Waals surface area contributed by atoms with Gasteiger partial charge in [-0.15, -0.1) is 11.3 Å². The Morgan fingerprint density at radius 3 is 2.26 bits per heavy atom. The molecule has 1 aliphatic rings. The van der Waals surface area contributed by atoms with E-state index in [0.717, 1.165) is 21.8 Å². The largest absolute Gasteiger partial charge is 0.489 e. The molecule has 0 bridgehead atoms. The zero-order valence-corrected chi connectivity index (χ0v) is 18.0. The lowest BCUT2D eigenvalue weighted by Crippen LogP contribution is -2.50. The number of carbonyl (C=O) groups excluding carboxylic acids is 2. The van der Waals surface area contributed by atoms with Gasteiger partial charge in [0.15, 0.2) is 0 Å². The average Bonchev–Trinajstić information content (AvgIpc) is 3.37. The summed E-state index contributed by atoms with van der Waals surface area (Å²) < 4.78 is 5.79. The molecule has 2 aromatic carbocycles. The first-order valence-electron chi connectivity index (χ1n) is 10.3. The zero-order chi connectivity index (χ0) is 21.5. The van der Waals surface area contributed by atoms with Gasteiger partial charge in [0.25, 0.3) is 5.91 Å². The van der Waals surface area contributed by atoms with Gasteiger partial charge >= 0.3 is 0 Å². The van der Waals surface area contributed by atoms with Gasteiger partial charge in [0, 0.05) is 32.3 Å². The van der Waals surface area contributed by atoms with Gasteiger partial charge in [-0.05, 0) is 40.8 Å². The highest BCUT2D eigenvalue weighted by atomic mass is 32.1. The molecule has 2 heterocycles. The number of amides is 2. The smallest absolute Gasteiger partial charge is 0.264 e. The third-order valence-electron chi connectivity index (χ3n) is 5.16. The van der Waals surface area contributed by atoms with E-state index in [1.54, 1.807) is 11.0 Å². The van der Waals surface area contributed by atoms with Crippen LogP contribution in [-0.2, 0) is 11.4 Å². The highest BCUT2D eigenvalue weighted by molar-refractivity contribution is 7.12. The van der Waals surface area contributed by atoms with Crippen LogP contribution in [-0.4, -0.2) is 47.8 Å². The lowest BCUT2D eigenvalue weighted by atomic mass is 10.2. The van der Waals surface area contributed by atoms with E-state index in [2.05, 4.69) is 0 Å². The predicted octanol–water partition coefficient (Wildman–Crippen LogP) is 4.32. The second-order valence-electron chi connectivity index (χ2n) is 7.27. The van der Waals surface area contributed by atoms with Crippen LogP contribution >= 0.6 is 11.3 Å². The molecule has 0 atom stereocenters. The van der Waals surface area contributed by atoms with E-state index < -0.39 is 0 Å². The third kappa shape index (κ3) is 5.61. The lowest BCUT2D eigenvalue weighted by molar-refractivity contribution is -0.127. The van der Waals surface area contributed by atoms with Crippen LogP contribution in [0.2, 0.25) is 0 Å². The molecular weight excluding hydrogens is 408 g/mol. The fraction of sp³-hybridized carbons (Fsp3) is 0.200. The van der Waals surface area contributed by atoms with Gasteiger partial charge in [-0.1, -0.05) is 48.5 Å². The molecule has 0 radical (unpaired) electrons. The zero-order valence-electron chi connectivity index (χ0n) is 17.1. The number of nitrogens with zero attached hydrogens (tertiary/aromatic N) is 2. The Labute approximate surface area is 186 Å². The highest BCUT2D eigenvalue weighted by Crippen LogP contribution is 2.16. The Bertz CT molecular complexity index is 1020. The quantitative estimate of drug-likeness (QED) is 0.545. The van der Waals surface area contributed by atoms with Gasteiger partial charge < -0.3 is 14.5 Å². The Kier molecular flexibility index (Phi) is 6.79. The number of thiophene rings is 1. The summed E-state index contributed by atoms with van der Waals surface area (Å²) in [6.07, 6.45) is 3.41. The number of carbonyl (C=O) groups is 2. The maximum absolute atomic E-state index is 12.5. The van der Waals surface area contributed by atoms with Crippen LogP contribution < -0.4 is 4.74 Å². The number of hydrogen-bond donors (Lipinski definition) is 0. The Morgan fingerprint density at radius 1 is 0.871 bits per heavy atom. The summed E-state index contributed by atoms with van der Waals surface area (Å²) in [6, 6.07) is 21.4.